The van der Waals surface area contributed by atoms with Crippen LogP contribution in [0.4, 0.5) is 0 Å². The van der Waals surface area contributed by atoms with Crippen molar-refractivity contribution in [3.05, 3.63) is 21.8 Å². The molecule has 0 amide bonds. The molecule has 2 aromatic rings. The Bertz CT molecular complexity index is 614. The zero-order chi connectivity index (χ0) is 14.3. The predicted octanol–water partition coefficient (Wildman–Crippen LogP) is 4.12. The summed E-state index contributed by atoms with van der Waals surface area (Å²) in [6, 6.07) is 0. The second-order valence-corrected chi connectivity index (χ2v) is 7.08. The van der Waals surface area contributed by atoms with Crippen LogP contribution in [0.5, 0.6) is 0 Å². The maximum Gasteiger partial charge on any atom is 0.269 e. The number of rotatable bonds is 2. The Labute approximate surface area is 127 Å². The Morgan fingerprint density at radius 2 is 2.15 bits per heavy atom. The van der Waals surface area contributed by atoms with Gasteiger partial charge in [0.25, 0.3) is 5.89 Å². The molecule has 4 nitrogen and oxygen atoms in total. The molecule has 0 aromatic carbocycles. The fraction of sp³-hybridized carbons (Fsp3) is 0.571. The smallest absolute Gasteiger partial charge is 0.269 e. The molecular formula is C14H18ClN3OS. The molecule has 0 saturated heterocycles. The molecule has 0 bridgehead atoms. The molecule has 1 saturated carbocycles. The zero-order valence-corrected chi connectivity index (χ0v) is 13.2. The van der Waals surface area contributed by atoms with E-state index in [4.69, 9.17) is 21.9 Å². The Morgan fingerprint density at radius 3 is 2.75 bits per heavy atom. The van der Waals surface area contributed by atoms with E-state index in [9.17, 15) is 0 Å². The molecule has 3 rings (SSSR count). The van der Waals surface area contributed by atoms with Crippen molar-refractivity contribution >= 4 is 22.9 Å². The third-order valence-electron chi connectivity index (χ3n) is 4.13. The van der Waals surface area contributed by atoms with Crippen molar-refractivity contribution in [2.24, 2.45) is 11.7 Å². The lowest BCUT2D eigenvalue weighted by atomic mass is 9.77. The molecule has 2 heterocycles. The molecule has 1 aliphatic rings. The molecule has 0 aliphatic heterocycles. The number of thiophene rings is 1. The van der Waals surface area contributed by atoms with Gasteiger partial charge in [0.05, 0.1) is 10.6 Å². The van der Waals surface area contributed by atoms with E-state index in [0.717, 1.165) is 42.0 Å². The summed E-state index contributed by atoms with van der Waals surface area (Å²) in [7, 11) is 0. The van der Waals surface area contributed by atoms with Gasteiger partial charge in [0.2, 0.25) is 0 Å². The maximum atomic E-state index is 6.46. The summed E-state index contributed by atoms with van der Waals surface area (Å²) in [5.74, 6) is 1.82. The standard InChI is InChI=1S/C14H18ClN3OS/c1-8-3-5-14(16,6-4-8)13-17-12(19-18-13)11-10(15)9(2)7-20-11/h7-8H,3-6,16H2,1-2H3. The van der Waals surface area contributed by atoms with Crippen molar-refractivity contribution in [1.29, 1.82) is 0 Å². The molecule has 2 N–H and O–H groups in total. The molecule has 0 unspecified atom stereocenters. The van der Waals surface area contributed by atoms with Crippen LogP contribution in [0.1, 0.15) is 44.0 Å². The average molecular weight is 312 g/mol. The molecule has 108 valence electrons. The number of hydrogen-bond donors (Lipinski definition) is 1. The minimum Gasteiger partial charge on any atom is -0.333 e. The Morgan fingerprint density at radius 1 is 1.45 bits per heavy atom. The minimum atomic E-state index is -0.451. The normalized spacial score (nSPS) is 26.9. The summed E-state index contributed by atoms with van der Waals surface area (Å²) < 4.78 is 5.37. The molecule has 0 atom stereocenters. The molecular weight excluding hydrogens is 294 g/mol. The van der Waals surface area contributed by atoms with Gasteiger partial charge in [-0.2, -0.15) is 4.98 Å². The molecule has 0 radical (unpaired) electrons. The SMILES string of the molecule is Cc1csc(-c2nc(C3(N)CCC(C)CC3)no2)c1Cl. The summed E-state index contributed by atoms with van der Waals surface area (Å²) >= 11 is 7.76. The molecule has 6 heteroatoms. The third kappa shape index (κ3) is 2.38. The van der Waals surface area contributed by atoms with Crippen LogP contribution in [-0.2, 0) is 5.54 Å². The van der Waals surface area contributed by atoms with Crippen molar-refractivity contribution in [3.63, 3.8) is 0 Å². The lowest BCUT2D eigenvalue weighted by molar-refractivity contribution is 0.230. The first-order chi connectivity index (χ1) is 9.49. The van der Waals surface area contributed by atoms with Gasteiger partial charge in [-0.1, -0.05) is 23.7 Å². The highest BCUT2D eigenvalue weighted by atomic mass is 35.5. The van der Waals surface area contributed by atoms with E-state index in [0.29, 0.717) is 16.7 Å². The summed E-state index contributed by atoms with van der Waals surface area (Å²) in [6.07, 6.45) is 4.03. The lowest BCUT2D eigenvalue weighted by Gasteiger charge is -2.33. The van der Waals surface area contributed by atoms with E-state index in [1.165, 1.54) is 11.3 Å². The van der Waals surface area contributed by atoms with E-state index >= 15 is 0 Å². The topological polar surface area (TPSA) is 64.9 Å². The number of aromatic nitrogens is 2. The summed E-state index contributed by atoms with van der Waals surface area (Å²) in [4.78, 5) is 5.33. The van der Waals surface area contributed by atoms with Crippen molar-refractivity contribution in [2.45, 2.75) is 45.1 Å². The van der Waals surface area contributed by atoms with E-state index in [1.54, 1.807) is 0 Å². The summed E-state index contributed by atoms with van der Waals surface area (Å²) in [5.41, 5.74) is 7.04. The maximum absolute atomic E-state index is 6.46. The van der Waals surface area contributed by atoms with E-state index in [1.807, 2.05) is 12.3 Å². The summed E-state index contributed by atoms with van der Waals surface area (Å²) in [6.45, 7) is 4.22. The molecule has 1 aliphatic carbocycles. The summed E-state index contributed by atoms with van der Waals surface area (Å²) in [5, 5.41) is 6.78. The number of halogens is 1. The van der Waals surface area contributed by atoms with Crippen LogP contribution in [0.25, 0.3) is 10.8 Å². The van der Waals surface area contributed by atoms with Crippen LogP contribution in [0, 0.1) is 12.8 Å². The highest BCUT2D eigenvalue weighted by Gasteiger charge is 2.36. The van der Waals surface area contributed by atoms with Gasteiger partial charge in [0.1, 0.15) is 4.88 Å². The number of hydrogen-bond acceptors (Lipinski definition) is 5. The quantitative estimate of drug-likeness (QED) is 0.906. The largest absolute Gasteiger partial charge is 0.333 e. The first-order valence-corrected chi connectivity index (χ1v) is 8.12. The van der Waals surface area contributed by atoms with Gasteiger partial charge < -0.3 is 10.3 Å². The van der Waals surface area contributed by atoms with E-state index in [-0.39, 0.29) is 0 Å². The van der Waals surface area contributed by atoms with Gasteiger partial charge in [0.15, 0.2) is 5.82 Å². The molecule has 1 fully saturated rings. The van der Waals surface area contributed by atoms with Crippen LogP contribution in [0.15, 0.2) is 9.90 Å². The third-order valence-corrected chi connectivity index (χ3v) is 5.82. The Kier molecular flexibility index (Phi) is 3.60. The second kappa shape index (κ2) is 5.13. The van der Waals surface area contributed by atoms with Crippen molar-refractivity contribution in [2.75, 3.05) is 0 Å². The monoisotopic (exact) mass is 311 g/mol. The highest BCUT2D eigenvalue weighted by molar-refractivity contribution is 7.14. The van der Waals surface area contributed by atoms with Crippen molar-refractivity contribution < 1.29 is 4.52 Å². The van der Waals surface area contributed by atoms with Crippen LogP contribution in [0.3, 0.4) is 0 Å². The van der Waals surface area contributed by atoms with Gasteiger partial charge in [-0.05, 0) is 49.5 Å². The number of nitrogens with two attached hydrogens (primary N) is 1. The fourth-order valence-electron chi connectivity index (χ4n) is 2.59. The molecule has 20 heavy (non-hydrogen) atoms. The lowest BCUT2D eigenvalue weighted by Crippen LogP contribution is -2.41. The van der Waals surface area contributed by atoms with Gasteiger partial charge >= 0.3 is 0 Å². The highest BCUT2D eigenvalue weighted by Crippen LogP contribution is 2.39. The van der Waals surface area contributed by atoms with Gasteiger partial charge in [0, 0.05) is 0 Å². The Hall–Kier alpha value is -0.910. The zero-order valence-electron chi connectivity index (χ0n) is 11.6. The number of aryl methyl sites for hydroxylation is 1. The van der Waals surface area contributed by atoms with Crippen LogP contribution >= 0.6 is 22.9 Å². The van der Waals surface area contributed by atoms with E-state index < -0.39 is 5.54 Å². The van der Waals surface area contributed by atoms with Gasteiger partial charge in [-0.15, -0.1) is 11.3 Å². The van der Waals surface area contributed by atoms with E-state index in [2.05, 4.69) is 17.1 Å². The minimum absolute atomic E-state index is 0.451. The van der Waals surface area contributed by atoms with Crippen LogP contribution in [0.2, 0.25) is 5.02 Å². The van der Waals surface area contributed by atoms with Crippen LogP contribution in [-0.4, -0.2) is 10.1 Å². The first kappa shape index (κ1) is 14.0. The van der Waals surface area contributed by atoms with Crippen molar-refractivity contribution in [3.8, 4) is 10.8 Å². The Balaban J connectivity index is 1.89. The fourth-order valence-corrected chi connectivity index (χ4v) is 3.79. The average Bonchev–Trinajstić information content (AvgIpc) is 3.03. The second-order valence-electron chi connectivity index (χ2n) is 5.82. The van der Waals surface area contributed by atoms with Crippen LogP contribution < -0.4 is 5.73 Å². The molecule has 0 spiro atoms. The van der Waals surface area contributed by atoms with Gasteiger partial charge in [-0.25, -0.2) is 0 Å². The molecule has 2 aromatic heterocycles. The first-order valence-electron chi connectivity index (χ1n) is 6.86. The number of nitrogens with zero attached hydrogens (tertiary/aromatic N) is 2. The van der Waals surface area contributed by atoms with Gasteiger partial charge in [-0.3, -0.25) is 0 Å². The predicted molar refractivity (Wildman–Crippen MR) is 80.9 cm³/mol. The van der Waals surface area contributed by atoms with Crippen molar-refractivity contribution in [1.82, 2.24) is 10.1 Å².